The molecular formula is C19H26N4O3. The van der Waals surface area contributed by atoms with E-state index in [9.17, 15) is 9.90 Å². The number of nitrogens with one attached hydrogen (secondary N) is 1. The Balaban J connectivity index is 1.80. The third-order valence-electron chi connectivity index (χ3n) is 5.02. The smallest absolute Gasteiger partial charge is 0.255 e. The largest absolute Gasteiger partial charge is 0.481 e. The molecule has 2 N–H and O–H groups in total. The number of aromatic nitrogens is 3. The van der Waals surface area contributed by atoms with Crippen LogP contribution in [-0.4, -0.2) is 39.0 Å². The number of ether oxygens (including phenoxy) is 1. The number of aliphatic hydroxyl groups is 1. The summed E-state index contributed by atoms with van der Waals surface area (Å²) in [5.74, 6) is 0.575. The maximum atomic E-state index is 12.8. The van der Waals surface area contributed by atoms with Crippen LogP contribution in [-0.2, 0) is 6.54 Å². The molecule has 26 heavy (non-hydrogen) atoms. The highest BCUT2D eigenvalue weighted by atomic mass is 16.5. The minimum absolute atomic E-state index is 0.146. The van der Waals surface area contributed by atoms with Crippen molar-refractivity contribution < 1.29 is 14.6 Å². The van der Waals surface area contributed by atoms with Crippen LogP contribution in [0.5, 0.6) is 5.88 Å². The van der Waals surface area contributed by atoms with Gasteiger partial charge in [0.15, 0.2) is 0 Å². The third kappa shape index (κ3) is 3.72. The van der Waals surface area contributed by atoms with Crippen molar-refractivity contribution in [1.29, 1.82) is 0 Å². The molecule has 2 aromatic heterocycles. The van der Waals surface area contributed by atoms with Gasteiger partial charge in [0.1, 0.15) is 0 Å². The van der Waals surface area contributed by atoms with Gasteiger partial charge in [0.05, 0.1) is 31.0 Å². The molecule has 3 rings (SSSR count). The molecule has 1 fully saturated rings. The van der Waals surface area contributed by atoms with Crippen LogP contribution in [0.25, 0.3) is 0 Å². The van der Waals surface area contributed by atoms with Gasteiger partial charge < -0.3 is 15.2 Å². The van der Waals surface area contributed by atoms with Crippen molar-refractivity contribution in [3.63, 3.8) is 0 Å². The maximum Gasteiger partial charge on any atom is 0.255 e. The van der Waals surface area contributed by atoms with Gasteiger partial charge in [-0.1, -0.05) is 13.0 Å². The van der Waals surface area contributed by atoms with Gasteiger partial charge in [-0.05, 0) is 37.7 Å². The molecular weight excluding hydrogens is 332 g/mol. The molecule has 2 aromatic rings. The minimum atomic E-state index is -0.292. The highest BCUT2D eigenvalue weighted by Gasteiger charge is 2.36. The van der Waals surface area contributed by atoms with Gasteiger partial charge in [0.2, 0.25) is 5.88 Å². The van der Waals surface area contributed by atoms with Crippen molar-refractivity contribution in [2.24, 2.45) is 5.92 Å². The lowest BCUT2D eigenvalue weighted by molar-refractivity contribution is 0.0234. The number of aliphatic hydroxyl groups excluding tert-OH is 1. The van der Waals surface area contributed by atoms with Crippen LogP contribution in [0.4, 0.5) is 0 Å². The Hall–Kier alpha value is -2.41. The van der Waals surface area contributed by atoms with Crippen molar-refractivity contribution in [2.45, 2.75) is 51.8 Å². The molecule has 1 atom stereocenters. The number of hydrogen-bond acceptors (Lipinski definition) is 5. The summed E-state index contributed by atoms with van der Waals surface area (Å²) in [4.78, 5) is 17.1. The predicted octanol–water partition coefficient (Wildman–Crippen LogP) is 2.25. The van der Waals surface area contributed by atoms with Crippen LogP contribution >= 0.6 is 0 Å². The number of carbonyl (C=O) groups excluding carboxylic acids is 1. The van der Waals surface area contributed by atoms with E-state index in [1.54, 1.807) is 25.6 Å². The van der Waals surface area contributed by atoms with Crippen molar-refractivity contribution in [3.8, 4) is 5.88 Å². The Kier molecular flexibility index (Phi) is 5.56. The molecule has 1 saturated carbocycles. The molecule has 7 nitrogen and oxygen atoms in total. The van der Waals surface area contributed by atoms with E-state index in [2.05, 4.69) is 22.3 Å². The van der Waals surface area contributed by atoms with E-state index in [-0.39, 0.29) is 24.0 Å². The van der Waals surface area contributed by atoms with Crippen molar-refractivity contribution in [1.82, 2.24) is 20.1 Å². The minimum Gasteiger partial charge on any atom is -0.481 e. The van der Waals surface area contributed by atoms with Crippen molar-refractivity contribution in [2.75, 3.05) is 7.11 Å². The second-order valence-corrected chi connectivity index (χ2v) is 6.84. The molecule has 0 bridgehead atoms. The number of nitrogens with zero attached hydrogens (tertiary/aromatic N) is 3. The van der Waals surface area contributed by atoms with Crippen molar-refractivity contribution >= 4 is 5.91 Å². The molecule has 1 aliphatic rings. The lowest BCUT2D eigenvalue weighted by Gasteiger charge is -2.38. The number of aryl methyl sites for hydroxylation is 1. The van der Waals surface area contributed by atoms with Crippen LogP contribution < -0.4 is 10.1 Å². The van der Waals surface area contributed by atoms with Crippen LogP contribution in [0.3, 0.4) is 0 Å². The first-order valence-electron chi connectivity index (χ1n) is 9.04. The number of hydrogen-bond donors (Lipinski definition) is 2. The van der Waals surface area contributed by atoms with E-state index in [0.29, 0.717) is 24.3 Å². The summed E-state index contributed by atoms with van der Waals surface area (Å²) < 4.78 is 6.96. The SMILES string of the molecule is CCCn1ncc(C(=O)N[C@@H](c2ccc(OC)nc2)C2CC(O)C2)c1C. The number of amides is 1. The molecule has 0 saturated heterocycles. The van der Waals surface area contributed by atoms with E-state index in [1.807, 2.05) is 17.7 Å². The standard InChI is InChI=1S/C19H26N4O3/c1-4-7-23-12(2)16(11-21-23)19(25)22-18(14-8-15(24)9-14)13-5-6-17(26-3)20-10-13/h5-6,10-11,14-15,18,24H,4,7-9H2,1-3H3,(H,22,25)/t14?,15?,18-/m0/s1. The monoisotopic (exact) mass is 358 g/mol. The van der Waals surface area contributed by atoms with Gasteiger partial charge >= 0.3 is 0 Å². The molecule has 0 unspecified atom stereocenters. The topological polar surface area (TPSA) is 89.3 Å². The number of methoxy groups -OCH3 is 1. The lowest BCUT2D eigenvalue weighted by Crippen LogP contribution is -2.41. The van der Waals surface area contributed by atoms with Gasteiger partial charge in [0.25, 0.3) is 5.91 Å². The summed E-state index contributed by atoms with van der Waals surface area (Å²) >= 11 is 0. The highest BCUT2D eigenvalue weighted by Crippen LogP contribution is 2.38. The predicted molar refractivity (Wildman–Crippen MR) is 97.0 cm³/mol. The summed E-state index contributed by atoms with van der Waals surface area (Å²) in [5.41, 5.74) is 2.36. The molecule has 1 amide bonds. The summed E-state index contributed by atoms with van der Waals surface area (Å²) in [6, 6.07) is 3.50. The molecule has 0 radical (unpaired) electrons. The molecule has 0 aromatic carbocycles. The Bertz CT molecular complexity index is 751. The fourth-order valence-electron chi connectivity index (χ4n) is 3.40. The van der Waals surface area contributed by atoms with E-state index in [1.165, 1.54) is 0 Å². The average Bonchev–Trinajstić information content (AvgIpc) is 2.98. The normalized spacial score (nSPS) is 20.3. The molecule has 140 valence electrons. The van der Waals surface area contributed by atoms with E-state index in [0.717, 1.165) is 24.2 Å². The fourth-order valence-corrected chi connectivity index (χ4v) is 3.40. The van der Waals surface area contributed by atoms with Gasteiger partial charge in [-0.25, -0.2) is 4.98 Å². The number of carbonyl (C=O) groups is 1. The third-order valence-corrected chi connectivity index (χ3v) is 5.02. The molecule has 0 spiro atoms. The Morgan fingerprint density at radius 3 is 2.77 bits per heavy atom. The first kappa shape index (κ1) is 18.4. The first-order chi connectivity index (χ1) is 12.5. The summed E-state index contributed by atoms with van der Waals surface area (Å²) in [5, 5.41) is 17.1. The van der Waals surface area contributed by atoms with Crippen LogP contribution in [0.1, 0.15) is 53.8 Å². The van der Waals surface area contributed by atoms with Gasteiger partial charge in [0, 0.05) is 24.5 Å². The van der Waals surface area contributed by atoms with Crippen molar-refractivity contribution in [3.05, 3.63) is 41.3 Å². The Morgan fingerprint density at radius 2 is 2.19 bits per heavy atom. The van der Waals surface area contributed by atoms with E-state index in [4.69, 9.17) is 4.74 Å². The first-order valence-corrected chi connectivity index (χ1v) is 9.04. The molecule has 7 heteroatoms. The van der Waals surface area contributed by atoms with Gasteiger partial charge in [-0.15, -0.1) is 0 Å². The number of rotatable bonds is 7. The summed E-state index contributed by atoms with van der Waals surface area (Å²) in [6.07, 6.45) is 5.36. The highest BCUT2D eigenvalue weighted by molar-refractivity contribution is 5.95. The second kappa shape index (κ2) is 7.86. The zero-order valence-electron chi connectivity index (χ0n) is 15.5. The van der Waals surface area contributed by atoms with Crippen LogP contribution in [0.15, 0.2) is 24.5 Å². The number of pyridine rings is 1. The van der Waals surface area contributed by atoms with Gasteiger partial charge in [-0.2, -0.15) is 5.10 Å². The maximum absolute atomic E-state index is 12.8. The summed E-state index contributed by atoms with van der Waals surface area (Å²) in [7, 11) is 1.57. The Morgan fingerprint density at radius 1 is 1.42 bits per heavy atom. The van der Waals surface area contributed by atoms with Crippen LogP contribution in [0, 0.1) is 12.8 Å². The zero-order valence-corrected chi connectivity index (χ0v) is 15.5. The van der Waals surface area contributed by atoms with Gasteiger partial charge in [-0.3, -0.25) is 9.48 Å². The molecule has 2 heterocycles. The van der Waals surface area contributed by atoms with E-state index < -0.39 is 0 Å². The Labute approximate surface area is 153 Å². The van der Waals surface area contributed by atoms with E-state index >= 15 is 0 Å². The molecule has 0 aliphatic heterocycles. The zero-order chi connectivity index (χ0) is 18.7. The molecule has 1 aliphatic carbocycles. The fraction of sp³-hybridized carbons (Fsp3) is 0.526. The lowest BCUT2D eigenvalue weighted by atomic mass is 9.75. The summed E-state index contributed by atoms with van der Waals surface area (Å²) in [6.45, 7) is 4.78. The average molecular weight is 358 g/mol. The quantitative estimate of drug-likeness (QED) is 0.792. The second-order valence-electron chi connectivity index (χ2n) is 6.84. The van der Waals surface area contributed by atoms with Crippen LogP contribution in [0.2, 0.25) is 0 Å².